The number of hydrogen-bond donors (Lipinski definition) is 1. The van der Waals surface area contributed by atoms with Crippen LogP contribution in [0.25, 0.3) is 21.3 Å². The molecule has 9 heteroatoms. The van der Waals surface area contributed by atoms with Gasteiger partial charge in [-0.15, -0.1) is 0 Å². The van der Waals surface area contributed by atoms with Crippen molar-refractivity contribution in [1.82, 2.24) is 9.97 Å². The number of amides is 1. The second-order valence-corrected chi connectivity index (χ2v) is 7.42. The Morgan fingerprint density at radius 1 is 1.07 bits per heavy atom. The largest absolute Gasteiger partial charge is 0.453 e. The molecule has 0 aliphatic rings. The molecule has 2 heterocycles. The number of hydrogen-bond acceptors (Lipinski definition) is 5. The first-order valence-corrected chi connectivity index (χ1v) is 9.59. The van der Waals surface area contributed by atoms with Gasteiger partial charge in [-0.3, -0.25) is 9.78 Å². The highest BCUT2D eigenvalue weighted by Gasteiger charge is 2.30. The number of aromatic nitrogens is 2. The van der Waals surface area contributed by atoms with Crippen molar-refractivity contribution < 1.29 is 22.7 Å². The van der Waals surface area contributed by atoms with Gasteiger partial charge in [0, 0.05) is 18.7 Å². The molecule has 2 aromatic heterocycles. The minimum Gasteiger partial charge on any atom is -0.453 e. The summed E-state index contributed by atoms with van der Waals surface area (Å²) in [6.45, 7) is 1.40. The summed E-state index contributed by atoms with van der Waals surface area (Å²) in [4.78, 5) is 19.8. The number of pyridine rings is 1. The quantitative estimate of drug-likeness (QED) is 0.424. The number of carbonyl (C=O) groups is 1. The first kappa shape index (κ1) is 19.8. The summed E-state index contributed by atoms with van der Waals surface area (Å²) in [6.07, 6.45) is -1.33. The van der Waals surface area contributed by atoms with Gasteiger partial charge in [0.05, 0.1) is 16.5 Å². The van der Waals surface area contributed by atoms with Gasteiger partial charge in [-0.2, -0.15) is 13.2 Å². The zero-order valence-electron chi connectivity index (χ0n) is 15.5. The Bertz CT molecular complexity index is 1220. The number of para-hydroxylation sites is 1. The fourth-order valence-corrected chi connectivity index (χ4v) is 3.75. The first-order valence-electron chi connectivity index (χ1n) is 8.77. The van der Waals surface area contributed by atoms with Crippen LogP contribution in [0.5, 0.6) is 11.5 Å². The van der Waals surface area contributed by atoms with Gasteiger partial charge in [0.2, 0.25) is 5.91 Å². The molecule has 0 fully saturated rings. The number of anilines is 1. The van der Waals surface area contributed by atoms with Crippen molar-refractivity contribution in [2.75, 3.05) is 5.32 Å². The molecule has 5 nitrogen and oxygen atoms in total. The van der Waals surface area contributed by atoms with E-state index in [-0.39, 0.29) is 5.91 Å². The number of halogens is 3. The van der Waals surface area contributed by atoms with E-state index in [4.69, 9.17) is 4.74 Å². The minimum absolute atomic E-state index is 0.218. The van der Waals surface area contributed by atoms with Crippen molar-refractivity contribution in [1.29, 1.82) is 0 Å². The highest BCUT2D eigenvalue weighted by atomic mass is 32.1. The molecule has 0 radical (unpaired) electrons. The maximum absolute atomic E-state index is 12.8. The molecule has 0 unspecified atom stereocenters. The minimum atomic E-state index is -4.38. The molecule has 0 saturated heterocycles. The Morgan fingerprint density at radius 2 is 1.83 bits per heavy atom. The number of carbonyl (C=O) groups excluding carboxylic acids is 1. The normalized spacial score (nSPS) is 11.5. The van der Waals surface area contributed by atoms with Crippen molar-refractivity contribution in [2.45, 2.75) is 13.1 Å². The Hall–Kier alpha value is -3.46. The van der Waals surface area contributed by atoms with Crippen LogP contribution in [0.4, 0.5) is 18.3 Å². The van der Waals surface area contributed by atoms with Gasteiger partial charge in [0.25, 0.3) is 0 Å². The first-order chi connectivity index (χ1) is 14.3. The van der Waals surface area contributed by atoms with Crippen LogP contribution < -0.4 is 10.1 Å². The third-order valence-corrected chi connectivity index (χ3v) is 5.09. The second-order valence-electron chi connectivity index (χ2n) is 6.39. The molecule has 0 bridgehead atoms. The lowest BCUT2D eigenvalue weighted by atomic mass is 10.1. The number of alkyl halides is 3. The van der Waals surface area contributed by atoms with Gasteiger partial charge in [-0.05, 0) is 35.9 Å². The van der Waals surface area contributed by atoms with Crippen LogP contribution in [-0.4, -0.2) is 15.9 Å². The van der Waals surface area contributed by atoms with E-state index in [1.807, 2.05) is 6.07 Å². The smallest absolute Gasteiger partial charge is 0.416 e. The van der Waals surface area contributed by atoms with Crippen LogP contribution in [0.15, 0.2) is 60.9 Å². The standard InChI is InChI=1S/C21H14F3N3O2S/c1-12(28)26-20-27-19-17(3-2-4-18(19)30-20)29-16-9-14(10-25-11-16)13-5-7-15(8-6-13)21(22,23)24/h2-11H,1H3,(H,26,27,28). The highest BCUT2D eigenvalue weighted by Crippen LogP contribution is 2.36. The van der Waals surface area contributed by atoms with Crippen molar-refractivity contribution in [3.05, 3.63) is 66.5 Å². The SMILES string of the molecule is CC(=O)Nc1nc2c(Oc3cncc(-c4ccc(C(F)(F)F)cc4)c3)cccc2s1. The number of nitrogens with zero attached hydrogens (tertiary/aromatic N) is 2. The maximum atomic E-state index is 12.8. The van der Waals surface area contributed by atoms with Crippen molar-refractivity contribution in [3.63, 3.8) is 0 Å². The average molecular weight is 429 g/mol. The zero-order chi connectivity index (χ0) is 21.3. The molecule has 2 aromatic carbocycles. The van der Waals surface area contributed by atoms with Crippen LogP contribution in [0.2, 0.25) is 0 Å². The van der Waals surface area contributed by atoms with E-state index in [9.17, 15) is 18.0 Å². The molecule has 0 aliphatic carbocycles. The summed E-state index contributed by atoms with van der Waals surface area (Å²) < 4.78 is 45.1. The van der Waals surface area contributed by atoms with Crippen molar-refractivity contribution >= 4 is 32.6 Å². The fourth-order valence-electron chi connectivity index (χ4n) is 2.82. The van der Waals surface area contributed by atoms with E-state index in [1.54, 1.807) is 24.4 Å². The lowest BCUT2D eigenvalue weighted by molar-refractivity contribution is -0.137. The van der Waals surface area contributed by atoms with Crippen LogP contribution in [0, 0.1) is 0 Å². The summed E-state index contributed by atoms with van der Waals surface area (Å²) in [6, 6.07) is 11.9. The van der Waals surface area contributed by atoms with Gasteiger partial charge in [0.1, 0.15) is 11.3 Å². The third-order valence-electron chi connectivity index (χ3n) is 4.15. The van der Waals surface area contributed by atoms with Crippen LogP contribution in [-0.2, 0) is 11.0 Å². The molecule has 152 valence electrons. The van der Waals surface area contributed by atoms with Crippen LogP contribution >= 0.6 is 11.3 Å². The van der Waals surface area contributed by atoms with Crippen molar-refractivity contribution in [3.8, 4) is 22.6 Å². The summed E-state index contributed by atoms with van der Waals surface area (Å²) in [5, 5.41) is 3.11. The number of rotatable bonds is 4. The molecule has 4 aromatic rings. The van der Waals surface area contributed by atoms with Gasteiger partial charge in [-0.1, -0.05) is 29.5 Å². The lowest BCUT2D eigenvalue weighted by Crippen LogP contribution is -2.04. The molecule has 1 amide bonds. The average Bonchev–Trinajstić information content (AvgIpc) is 3.10. The van der Waals surface area contributed by atoms with Crippen LogP contribution in [0.3, 0.4) is 0 Å². The van der Waals surface area contributed by atoms with Gasteiger partial charge < -0.3 is 10.1 Å². The van der Waals surface area contributed by atoms with Crippen molar-refractivity contribution in [2.24, 2.45) is 0 Å². The molecule has 0 spiro atoms. The van der Waals surface area contributed by atoms with E-state index in [2.05, 4.69) is 15.3 Å². The molecule has 0 saturated carbocycles. The van der Waals surface area contributed by atoms with E-state index in [0.717, 1.165) is 16.8 Å². The maximum Gasteiger partial charge on any atom is 0.416 e. The fraction of sp³-hybridized carbons (Fsp3) is 0.0952. The Morgan fingerprint density at radius 3 is 2.53 bits per heavy atom. The molecule has 0 atom stereocenters. The number of fused-ring (bicyclic) bond motifs is 1. The number of nitrogens with one attached hydrogen (secondary N) is 1. The zero-order valence-corrected chi connectivity index (χ0v) is 16.3. The third kappa shape index (κ3) is 4.25. The Labute approximate surface area is 173 Å². The highest BCUT2D eigenvalue weighted by molar-refractivity contribution is 7.22. The van der Waals surface area contributed by atoms with E-state index >= 15 is 0 Å². The lowest BCUT2D eigenvalue weighted by Gasteiger charge is -2.09. The predicted octanol–water partition coefficient (Wildman–Crippen LogP) is 6.13. The summed E-state index contributed by atoms with van der Waals surface area (Å²) in [7, 11) is 0. The predicted molar refractivity (Wildman–Crippen MR) is 109 cm³/mol. The Kier molecular flexibility index (Phi) is 5.13. The summed E-state index contributed by atoms with van der Waals surface area (Å²) in [5.41, 5.74) is 1.08. The van der Waals surface area contributed by atoms with Crippen LogP contribution in [0.1, 0.15) is 12.5 Å². The molecule has 1 N–H and O–H groups in total. The molecular weight excluding hydrogens is 415 g/mol. The van der Waals surface area contributed by atoms with Gasteiger partial charge >= 0.3 is 6.18 Å². The number of thiazole rings is 1. The van der Waals surface area contributed by atoms with E-state index in [1.165, 1.54) is 36.6 Å². The van der Waals surface area contributed by atoms with E-state index in [0.29, 0.717) is 33.3 Å². The molecule has 30 heavy (non-hydrogen) atoms. The van der Waals surface area contributed by atoms with E-state index < -0.39 is 11.7 Å². The second kappa shape index (κ2) is 7.75. The monoisotopic (exact) mass is 429 g/mol. The molecule has 4 rings (SSSR count). The van der Waals surface area contributed by atoms with Gasteiger partial charge in [-0.25, -0.2) is 4.98 Å². The molecular formula is C21H14F3N3O2S. The number of ether oxygens (including phenoxy) is 1. The van der Waals surface area contributed by atoms with Gasteiger partial charge in [0.15, 0.2) is 10.9 Å². The molecule has 0 aliphatic heterocycles. The topological polar surface area (TPSA) is 64.1 Å². The Balaban J connectivity index is 1.62. The summed E-state index contributed by atoms with van der Waals surface area (Å²) in [5.74, 6) is 0.672. The summed E-state index contributed by atoms with van der Waals surface area (Å²) >= 11 is 1.32. The number of benzene rings is 2.